The second-order valence-electron chi connectivity index (χ2n) is 6.16. The summed E-state index contributed by atoms with van der Waals surface area (Å²) in [6.07, 6.45) is 0.288. The first-order valence-corrected chi connectivity index (χ1v) is 9.58. The Morgan fingerprint density at radius 2 is 1.96 bits per heavy atom. The molecule has 3 rings (SSSR count). The predicted octanol–water partition coefficient (Wildman–Crippen LogP) is 0.375. The third kappa shape index (κ3) is 3.67. The number of sulfonamides is 1. The van der Waals surface area contributed by atoms with Gasteiger partial charge in [0.2, 0.25) is 15.9 Å². The number of aliphatic carboxylic acids is 1. The summed E-state index contributed by atoms with van der Waals surface area (Å²) in [4.78, 5) is 23.0. The lowest BCUT2D eigenvalue weighted by Gasteiger charge is -2.26. The van der Waals surface area contributed by atoms with Gasteiger partial charge in [-0.25, -0.2) is 8.42 Å². The predicted molar refractivity (Wildman–Crippen MR) is 90.4 cm³/mol. The zero-order valence-electron chi connectivity index (χ0n) is 14.2. The van der Waals surface area contributed by atoms with E-state index in [1.807, 2.05) is 0 Å². The maximum absolute atomic E-state index is 12.9. The van der Waals surface area contributed by atoms with Crippen molar-refractivity contribution >= 4 is 27.6 Å². The molecule has 1 aliphatic heterocycles. The average Bonchev–Trinajstić information content (AvgIpc) is 3.43. The number of carboxylic acids is 1. The third-order valence-corrected chi connectivity index (χ3v) is 6.38. The van der Waals surface area contributed by atoms with Crippen molar-refractivity contribution in [1.29, 1.82) is 0 Å². The summed E-state index contributed by atoms with van der Waals surface area (Å²) in [6, 6.07) is 4.32. The van der Waals surface area contributed by atoms with Crippen LogP contribution in [0.15, 0.2) is 23.1 Å². The molecule has 1 aliphatic carbocycles. The quantitative estimate of drug-likeness (QED) is 0.727. The Balaban J connectivity index is 1.82. The van der Waals surface area contributed by atoms with Gasteiger partial charge in [-0.05, 0) is 24.6 Å². The third-order valence-electron chi connectivity index (χ3n) is 4.46. The number of benzene rings is 1. The van der Waals surface area contributed by atoms with Crippen LogP contribution >= 0.6 is 0 Å². The molecule has 2 fully saturated rings. The fraction of sp³-hybridized carbons (Fsp3) is 0.500. The van der Waals surface area contributed by atoms with Gasteiger partial charge in [-0.2, -0.15) is 4.31 Å². The largest absolute Gasteiger partial charge is 0.495 e. The molecular weight excluding hydrogens is 364 g/mol. The van der Waals surface area contributed by atoms with Crippen molar-refractivity contribution in [3.8, 4) is 5.75 Å². The van der Waals surface area contributed by atoms with E-state index in [9.17, 15) is 18.0 Å². The fourth-order valence-corrected chi connectivity index (χ4v) is 4.46. The van der Waals surface area contributed by atoms with Crippen LogP contribution in [-0.4, -0.2) is 63.1 Å². The highest BCUT2D eigenvalue weighted by molar-refractivity contribution is 7.89. The van der Waals surface area contributed by atoms with E-state index in [0.29, 0.717) is 13.2 Å². The highest BCUT2D eigenvalue weighted by Crippen LogP contribution is 2.40. The number of morpholine rings is 1. The molecule has 2 atom stereocenters. The van der Waals surface area contributed by atoms with E-state index in [4.69, 9.17) is 14.6 Å². The molecule has 1 aromatic carbocycles. The first-order valence-electron chi connectivity index (χ1n) is 8.14. The van der Waals surface area contributed by atoms with Gasteiger partial charge in [0.15, 0.2) is 0 Å². The Bertz CT molecular complexity index is 818. The first-order chi connectivity index (χ1) is 12.3. The summed E-state index contributed by atoms with van der Waals surface area (Å²) in [5.41, 5.74) is 0.277. The molecule has 2 unspecified atom stereocenters. The van der Waals surface area contributed by atoms with Gasteiger partial charge in [0, 0.05) is 18.8 Å². The average molecular weight is 384 g/mol. The molecule has 1 amide bonds. The van der Waals surface area contributed by atoms with Gasteiger partial charge >= 0.3 is 5.97 Å². The minimum atomic E-state index is -3.81. The second-order valence-corrected chi connectivity index (χ2v) is 8.06. The lowest BCUT2D eigenvalue weighted by atomic mass is 10.2. The van der Waals surface area contributed by atoms with Gasteiger partial charge in [-0.3, -0.25) is 9.59 Å². The normalized spacial score (nSPS) is 23.3. The number of rotatable bonds is 6. The Labute approximate surface area is 150 Å². The Morgan fingerprint density at radius 3 is 2.54 bits per heavy atom. The number of nitrogens with one attached hydrogen (secondary N) is 1. The van der Waals surface area contributed by atoms with E-state index in [0.717, 1.165) is 0 Å². The maximum atomic E-state index is 12.9. The van der Waals surface area contributed by atoms with E-state index in [1.165, 1.54) is 29.6 Å². The van der Waals surface area contributed by atoms with Gasteiger partial charge in [-0.1, -0.05) is 0 Å². The Hall–Kier alpha value is -2.17. The molecule has 0 radical (unpaired) electrons. The molecule has 142 valence electrons. The summed E-state index contributed by atoms with van der Waals surface area (Å²) in [5, 5.41) is 11.5. The molecule has 26 heavy (non-hydrogen) atoms. The van der Waals surface area contributed by atoms with Gasteiger partial charge in [0.05, 0.1) is 32.2 Å². The smallest absolute Gasteiger partial charge is 0.307 e. The van der Waals surface area contributed by atoms with Crippen LogP contribution in [0.4, 0.5) is 5.69 Å². The SMILES string of the molecule is COc1ccc(NC(=O)C2CC2C(=O)O)cc1S(=O)(=O)N1CCOCC1. The summed E-state index contributed by atoms with van der Waals surface area (Å²) < 4.78 is 37.4. The molecule has 1 aromatic rings. The summed E-state index contributed by atoms with van der Waals surface area (Å²) in [6.45, 7) is 1.11. The van der Waals surface area contributed by atoms with E-state index in [2.05, 4.69) is 5.32 Å². The number of ether oxygens (including phenoxy) is 2. The minimum Gasteiger partial charge on any atom is -0.495 e. The van der Waals surface area contributed by atoms with Gasteiger partial charge in [0.25, 0.3) is 0 Å². The van der Waals surface area contributed by atoms with Crippen molar-refractivity contribution in [1.82, 2.24) is 4.31 Å². The molecular formula is C16H20N2O7S. The van der Waals surface area contributed by atoms with Gasteiger partial charge < -0.3 is 19.9 Å². The number of carboxylic acid groups (broad SMARTS) is 1. The van der Waals surface area contributed by atoms with Crippen LogP contribution < -0.4 is 10.1 Å². The van der Waals surface area contributed by atoms with Gasteiger partial charge in [0.1, 0.15) is 10.6 Å². The number of carbonyl (C=O) groups excluding carboxylic acids is 1. The van der Waals surface area contributed by atoms with E-state index in [1.54, 1.807) is 0 Å². The molecule has 1 saturated carbocycles. The lowest BCUT2D eigenvalue weighted by molar-refractivity contribution is -0.139. The Kier molecular flexibility index (Phi) is 5.17. The van der Waals surface area contributed by atoms with E-state index >= 15 is 0 Å². The first kappa shape index (κ1) is 18.6. The van der Waals surface area contributed by atoms with Crippen molar-refractivity contribution < 1.29 is 32.6 Å². The number of hydrogen-bond acceptors (Lipinski definition) is 6. The summed E-state index contributed by atoms with van der Waals surface area (Å²) >= 11 is 0. The van der Waals surface area contributed by atoms with E-state index in [-0.39, 0.29) is 35.8 Å². The van der Waals surface area contributed by atoms with Crippen molar-refractivity contribution in [2.24, 2.45) is 11.8 Å². The van der Waals surface area contributed by atoms with Crippen LogP contribution in [0.2, 0.25) is 0 Å². The van der Waals surface area contributed by atoms with Crippen LogP contribution in [0.25, 0.3) is 0 Å². The van der Waals surface area contributed by atoms with Crippen molar-refractivity contribution in [2.75, 3.05) is 38.7 Å². The zero-order chi connectivity index (χ0) is 18.9. The van der Waals surface area contributed by atoms with Crippen LogP contribution in [0.1, 0.15) is 6.42 Å². The number of carbonyl (C=O) groups is 2. The molecule has 2 N–H and O–H groups in total. The topological polar surface area (TPSA) is 122 Å². The monoisotopic (exact) mass is 384 g/mol. The molecule has 1 saturated heterocycles. The van der Waals surface area contributed by atoms with Crippen molar-refractivity contribution in [2.45, 2.75) is 11.3 Å². The molecule has 0 spiro atoms. The molecule has 0 bridgehead atoms. The number of nitrogens with zero attached hydrogens (tertiary/aromatic N) is 1. The lowest BCUT2D eigenvalue weighted by Crippen LogP contribution is -2.40. The highest BCUT2D eigenvalue weighted by Gasteiger charge is 2.48. The van der Waals surface area contributed by atoms with Crippen molar-refractivity contribution in [3.05, 3.63) is 18.2 Å². The fourth-order valence-electron chi connectivity index (χ4n) is 2.87. The molecule has 0 aromatic heterocycles. The number of methoxy groups -OCH3 is 1. The second kappa shape index (κ2) is 7.22. The van der Waals surface area contributed by atoms with Crippen LogP contribution in [0.3, 0.4) is 0 Å². The number of anilines is 1. The summed E-state index contributed by atoms with van der Waals surface area (Å²) in [5.74, 6) is -2.53. The zero-order valence-corrected chi connectivity index (χ0v) is 15.0. The van der Waals surface area contributed by atoms with E-state index < -0.39 is 33.7 Å². The molecule has 10 heteroatoms. The molecule has 1 heterocycles. The number of amides is 1. The van der Waals surface area contributed by atoms with Gasteiger partial charge in [-0.15, -0.1) is 0 Å². The minimum absolute atomic E-state index is 0.0507. The summed E-state index contributed by atoms with van der Waals surface area (Å²) in [7, 11) is -2.44. The standard InChI is InChI=1S/C16H20N2O7S/c1-24-13-3-2-10(17-15(19)11-9-12(11)16(20)21)8-14(13)26(22,23)18-4-6-25-7-5-18/h2-3,8,11-12H,4-7,9H2,1H3,(H,17,19)(H,20,21). The maximum Gasteiger partial charge on any atom is 0.307 e. The Morgan fingerprint density at radius 1 is 1.27 bits per heavy atom. The van der Waals surface area contributed by atoms with Crippen LogP contribution in [0.5, 0.6) is 5.75 Å². The van der Waals surface area contributed by atoms with Crippen LogP contribution in [0, 0.1) is 11.8 Å². The molecule has 9 nitrogen and oxygen atoms in total. The number of hydrogen-bond donors (Lipinski definition) is 2. The van der Waals surface area contributed by atoms with Crippen molar-refractivity contribution in [3.63, 3.8) is 0 Å². The van der Waals surface area contributed by atoms with Crippen LogP contribution in [-0.2, 0) is 24.3 Å². The molecule has 2 aliphatic rings. The highest BCUT2D eigenvalue weighted by atomic mass is 32.2.